The highest BCUT2D eigenvalue weighted by Crippen LogP contribution is 2.22. The minimum absolute atomic E-state index is 0.0492. The number of halogens is 1. The molecule has 0 spiro atoms. The van der Waals surface area contributed by atoms with Crippen LogP contribution < -0.4 is 10.2 Å². The van der Waals surface area contributed by atoms with Crippen LogP contribution in [0.25, 0.3) is 0 Å². The highest BCUT2D eigenvalue weighted by molar-refractivity contribution is 6.32. The van der Waals surface area contributed by atoms with E-state index in [4.69, 9.17) is 11.6 Å². The van der Waals surface area contributed by atoms with Gasteiger partial charge in [0.1, 0.15) is 5.02 Å². The van der Waals surface area contributed by atoms with Gasteiger partial charge in [0.25, 0.3) is 0 Å². The first-order valence-corrected chi connectivity index (χ1v) is 6.60. The zero-order valence-electron chi connectivity index (χ0n) is 11.8. The molecule has 0 bridgehead atoms. The zero-order chi connectivity index (χ0) is 14.4. The molecule has 0 fully saturated rings. The van der Waals surface area contributed by atoms with Crippen LogP contribution in [-0.2, 0) is 4.79 Å². The lowest BCUT2D eigenvalue weighted by atomic mass is 10.4. The van der Waals surface area contributed by atoms with Gasteiger partial charge in [0.2, 0.25) is 11.9 Å². The van der Waals surface area contributed by atoms with Crippen LogP contribution in [0, 0.1) is 0 Å². The summed E-state index contributed by atoms with van der Waals surface area (Å²) < 4.78 is 0. The summed E-state index contributed by atoms with van der Waals surface area (Å²) in [4.78, 5) is 23.8. The van der Waals surface area contributed by atoms with Gasteiger partial charge in [-0.25, -0.2) is 4.98 Å². The average Bonchev–Trinajstić information content (AvgIpc) is 2.40. The van der Waals surface area contributed by atoms with E-state index in [1.54, 1.807) is 23.9 Å². The highest BCUT2D eigenvalue weighted by atomic mass is 35.5. The Morgan fingerprint density at radius 1 is 1.42 bits per heavy atom. The number of nitrogens with zero attached hydrogens (tertiary/aromatic N) is 4. The number of anilines is 2. The second-order valence-electron chi connectivity index (χ2n) is 4.04. The van der Waals surface area contributed by atoms with E-state index in [0.29, 0.717) is 29.9 Å². The van der Waals surface area contributed by atoms with E-state index in [2.05, 4.69) is 15.3 Å². The Hall–Kier alpha value is -1.56. The molecule has 106 valence electrons. The molecular formula is C12H20ClN5O. The zero-order valence-corrected chi connectivity index (χ0v) is 12.5. The van der Waals surface area contributed by atoms with E-state index in [-0.39, 0.29) is 12.5 Å². The van der Waals surface area contributed by atoms with Gasteiger partial charge >= 0.3 is 0 Å². The van der Waals surface area contributed by atoms with Crippen molar-refractivity contribution >= 4 is 29.3 Å². The smallest absolute Gasteiger partial charge is 0.242 e. The quantitative estimate of drug-likeness (QED) is 0.858. The van der Waals surface area contributed by atoms with Crippen molar-refractivity contribution < 1.29 is 4.79 Å². The minimum Gasteiger partial charge on any atom is -0.357 e. The fourth-order valence-corrected chi connectivity index (χ4v) is 1.94. The number of carbonyl (C=O) groups excluding carboxylic acids is 1. The molecule has 19 heavy (non-hydrogen) atoms. The van der Waals surface area contributed by atoms with Gasteiger partial charge in [0.15, 0.2) is 5.82 Å². The Labute approximate surface area is 118 Å². The second kappa shape index (κ2) is 7.13. The lowest BCUT2D eigenvalue weighted by molar-refractivity contribution is -0.129. The maximum absolute atomic E-state index is 12.0. The van der Waals surface area contributed by atoms with Crippen LogP contribution in [0.1, 0.15) is 13.8 Å². The molecule has 0 saturated carbocycles. The lowest BCUT2D eigenvalue weighted by Gasteiger charge is -2.24. The Morgan fingerprint density at radius 2 is 2.05 bits per heavy atom. The molecule has 1 rings (SSSR count). The van der Waals surface area contributed by atoms with Crippen LogP contribution in [-0.4, -0.2) is 54.5 Å². The number of carbonyl (C=O) groups is 1. The van der Waals surface area contributed by atoms with Gasteiger partial charge in [-0.15, -0.1) is 0 Å². The van der Waals surface area contributed by atoms with Gasteiger partial charge in [-0.05, 0) is 13.8 Å². The highest BCUT2D eigenvalue weighted by Gasteiger charge is 2.16. The predicted octanol–water partition coefficient (Wildman–Crippen LogP) is 1.48. The maximum Gasteiger partial charge on any atom is 0.242 e. The van der Waals surface area contributed by atoms with Crippen molar-refractivity contribution in [1.82, 2.24) is 14.9 Å². The number of likely N-dealkylation sites (N-methyl/N-ethyl adjacent to an activating group) is 2. The maximum atomic E-state index is 12.0. The number of amides is 1. The van der Waals surface area contributed by atoms with E-state index < -0.39 is 0 Å². The molecule has 6 nitrogen and oxygen atoms in total. The molecule has 1 aromatic heterocycles. The fraction of sp³-hybridized carbons (Fsp3) is 0.583. The number of aromatic nitrogens is 2. The Balaban J connectivity index is 2.83. The third kappa shape index (κ3) is 3.96. The van der Waals surface area contributed by atoms with E-state index in [1.807, 2.05) is 13.8 Å². The van der Waals surface area contributed by atoms with Crippen LogP contribution in [0.2, 0.25) is 5.02 Å². The molecule has 0 aliphatic carbocycles. The first-order chi connectivity index (χ1) is 9.03. The molecule has 1 N–H and O–H groups in total. The number of hydrogen-bond donors (Lipinski definition) is 1. The van der Waals surface area contributed by atoms with E-state index in [0.717, 1.165) is 0 Å². The van der Waals surface area contributed by atoms with Crippen molar-refractivity contribution in [2.75, 3.05) is 43.9 Å². The third-order valence-electron chi connectivity index (χ3n) is 2.80. The van der Waals surface area contributed by atoms with Crippen molar-refractivity contribution in [3.8, 4) is 0 Å². The molecule has 1 amide bonds. The van der Waals surface area contributed by atoms with Gasteiger partial charge in [-0.3, -0.25) is 4.79 Å². The van der Waals surface area contributed by atoms with Crippen molar-refractivity contribution in [3.63, 3.8) is 0 Å². The van der Waals surface area contributed by atoms with E-state index in [1.165, 1.54) is 6.20 Å². The number of rotatable bonds is 6. The van der Waals surface area contributed by atoms with E-state index in [9.17, 15) is 4.79 Å². The lowest BCUT2D eigenvalue weighted by Crippen LogP contribution is -2.39. The van der Waals surface area contributed by atoms with Gasteiger partial charge in [-0.2, -0.15) is 4.98 Å². The summed E-state index contributed by atoms with van der Waals surface area (Å²) in [6.45, 7) is 5.54. The summed E-state index contributed by atoms with van der Waals surface area (Å²) in [6, 6.07) is 0. The second-order valence-corrected chi connectivity index (χ2v) is 4.44. The molecule has 0 radical (unpaired) electrons. The Kier molecular flexibility index (Phi) is 5.82. The van der Waals surface area contributed by atoms with Crippen molar-refractivity contribution in [2.45, 2.75) is 13.8 Å². The molecule has 1 aromatic rings. The van der Waals surface area contributed by atoms with Crippen molar-refractivity contribution in [1.29, 1.82) is 0 Å². The molecule has 7 heteroatoms. The predicted molar refractivity (Wildman–Crippen MR) is 77.8 cm³/mol. The standard InChI is InChI=1S/C12H20ClN5O/c1-5-18(6-2)10(19)8-17(4)11-9(13)7-15-12(14-3)16-11/h7H,5-6,8H2,1-4H3,(H,14,15,16). The van der Waals surface area contributed by atoms with Crippen LogP contribution in [0.4, 0.5) is 11.8 Å². The SMILES string of the molecule is CCN(CC)C(=O)CN(C)c1nc(NC)ncc1Cl. The van der Waals surface area contributed by atoms with Crippen LogP contribution in [0.3, 0.4) is 0 Å². The molecule has 0 atom stereocenters. The topological polar surface area (TPSA) is 61.4 Å². The minimum atomic E-state index is 0.0492. The number of nitrogens with one attached hydrogen (secondary N) is 1. The van der Waals surface area contributed by atoms with Crippen LogP contribution in [0.15, 0.2) is 6.20 Å². The normalized spacial score (nSPS) is 10.2. The molecule has 0 aromatic carbocycles. The molecule has 1 heterocycles. The molecule has 0 aliphatic rings. The van der Waals surface area contributed by atoms with Crippen molar-refractivity contribution in [2.24, 2.45) is 0 Å². The molecule has 0 aliphatic heterocycles. The van der Waals surface area contributed by atoms with Gasteiger partial charge in [0.05, 0.1) is 12.7 Å². The molecular weight excluding hydrogens is 266 g/mol. The summed E-state index contributed by atoms with van der Waals surface area (Å²) >= 11 is 6.06. The average molecular weight is 286 g/mol. The van der Waals surface area contributed by atoms with E-state index >= 15 is 0 Å². The Morgan fingerprint density at radius 3 is 2.58 bits per heavy atom. The first kappa shape index (κ1) is 15.5. The summed E-state index contributed by atoms with van der Waals surface area (Å²) in [5.41, 5.74) is 0. The molecule has 0 saturated heterocycles. The summed E-state index contributed by atoms with van der Waals surface area (Å²) in [7, 11) is 3.52. The van der Waals surface area contributed by atoms with Crippen LogP contribution in [0.5, 0.6) is 0 Å². The largest absolute Gasteiger partial charge is 0.357 e. The number of hydrogen-bond acceptors (Lipinski definition) is 5. The van der Waals surface area contributed by atoms with Crippen molar-refractivity contribution in [3.05, 3.63) is 11.2 Å². The van der Waals surface area contributed by atoms with Gasteiger partial charge < -0.3 is 15.1 Å². The third-order valence-corrected chi connectivity index (χ3v) is 3.07. The summed E-state index contributed by atoms with van der Waals surface area (Å²) in [5, 5.41) is 3.27. The first-order valence-electron chi connectivity index (χ1n) is 6.22. The fourth-order valence-electron chi connectivity index (χ4n) is 1.70. The van der Waals surface area contributed by atoms with Gasteiger partial charge in [0, 0.05) is 27.2 Å². The Bertz CT molecular complexity index is 436. The monoisotopic (exact) mass is 285 g/mol. The summed E-state index contributed by atoms with van der Waals surface area (Å²) in [5.74, 6) is 1.07. The van der Waals surface area contributed by atoms with Gasteiger partial charge in [-0.1, -0.05) is 11.6 Å². The summed E-state index contributed by atoms with van der Waals surface area (Å²) in [6.07, 6.45) is 1.52. The molecule has 0 unspecified atom stereocenters. The van der Waals surface area contributed by atoms with Crippen LogP contribution >= 0.6 is 11.6 Å².